The van der Waals surface area contributed by atoms with E-state index in [9.17, 15) is 0 Å². The molecule has 0 saturated carbocycles. The highest BCUT2D eigenvalue weighted by Gasteiger charge is 2.11. The first-order valence-corrected chi connectivity index (χ1v) is 8.13. The van der Waals surface area contributed by atoms with Gasteiger partial charge >= 0.3 is 0 Å². The Bertz CT molecular complexity index is 290. The summed E-state index contributed by atoms with van der Waals surface area (Å²) < 4.78 is 0. The summed E-state index contributed by atoms with van der Waals surface area (Å²) in [7, 11) is 2.21. The van der Waals surface area contributed by atoms with Crippen molar-refractivity contribution in [3.63, 3.8) is 0 Å². The number of hydrogen-bond acceptors (Lipinski definition) is 3. The molecule has 0 aliphatic carbocycles. The van der Waals surface area contributed by atoms with Crippen LogP contribution in [0.2, 0.25) is 0 Å². The number of hydrogen-bond donors (Lipinski definition) is 1. The smallest absolute Gasteiger partial charge is 0.00551 e. The zero-order chi connectivity index (χ0) is 12.5. The first-order chi connectivity index (χ1) is 8.27. The van der Waals surface area contributed by atoms with E-state index in [2.05, 4.69) is 61.2 Å². The second kappa shape index (κ2) is 8.90. The monoisotopic (exact) mass is 269 g/mol. The molecule has 0 aliphatic rings. The maximum absolute atomic E-state index is 4.48. The van der Waals surface area contributed by atoms with Crippen LogP contribution < -0.4 is 0 Å². The van der Waals surface area contributed by atoms with Gasteiger partial charge in [-0.2, -0.15) is 24.4 Å². The number of thioether (sulfide) groups is 1. The maximum Gasteiger partial charge on any atom is 0.00551 e. The minimum absolute atomic E-state index is 0.541. The average Bonchev–Trinajstić information content (AvgIpc) is 2.37. The van der Waals surface area contributed by atoms with Gasteiger partial charge < -0.3 is 4.90 Å². The Morgan fingerprint density at radius 2 is 2.00 bits per heavy atom. The van der Waals surface area contributed by atoms with Gasteiger partial charge in [-0.15, -0.1) is 0 Å². The van der Waals surface area contributed by atoms with Gasteiger partial charge in [0.15, 0.2) is 0 Å². The van der Waals surface area contributed by atoms with E-state index in [1.54, 1.807) is 0 Å². The largest absolute Gasteiger partial charge is 0.306 e. The third kappa shape index (κ3) is 5.84. The van der Waals surface area contributed by atoms with Crippen LogP contribution in [0.25, 0.3) is 0 Å². The van der Waals surface area contributed by atoms with E-state index in [1.165, 1.54) is 24.3 Å². The van der Waals surface area contributed by atoms with Gasteiger partial charge in [0, 0.05) is 12.5 Å². The summed E-state index contributed by atoms with van der Waals surface area (Å²) in [6.07, 6.45) is 3.44. The van der Waals surface area contributed by atoms with Gasteiger partial charge in [-0.3, -0.25) is 0 Å². The van der Waals surface area contributed by atoms with Crippen LogP contribution >= 0.6 is 24.4 Å². The average molecular weight is 269 g/mol. The lowest BCUT2D eigenvalue weighted by molar-refractivity contribution is 0.320. The molecule has 0 amide bonds. The molecule has 0 spiro atoms. The molecule has 1 aromatic carbocycles. The highest BCUT2D eigenvalue weighted by molar-refractivity contribution is 7.98. The van der Waals surface area contributed by atoms with Crippen molar-refractivity contribution >= 4 is 24.4 Å². The Hall–Kier alpha value is -0.120. The van der Waals surface area contributed by atoms with Gasteiger partial charge in [-0.25, -0.2) is 0 Å². The van der Waals surface area contributed by atoms with Gasteiger partial charge in [0.25, 0.3) is 0 Å². The summed E-state index contributed by atoms with van der Waals surface area (Å²) in [6, 6.07) is 10.7. The summed E-state index contributed by atoms with van der Waals surface area (Å²) in [4.78, 5) is 2.42. The topological polar surface area (TPSA) is 3.24 Å². The van der Waals surface area contributed by atoms with Crippen molar-refractivity contribution in [2.75, 3.05) is 37.9 Å². The predicted octanol–water partition coefficient (Wildman–Crippen LogP) is 3.38. The molecule has 1 aromatic rings. The molecule has 0 N–H and O–H groups in total. The fourth-order valence-corrected chi connectivity index (χ4v) is 2.68. The van der Waals surface area contributed by atoms with Gasteiger partial charge in [-0.1, -0.05) is 30.3 Å². The van der Waals surface area contributed by atoms with E-state index in [-0.39, 0.29) is 0 Å². The zero-order valence-electron chi connectivity index (χ0n) is 10.8. The molecule has 1 nitrogen and oxygen atoms in total. The number of thiol groups is 1. The molecule has 1 unspecified atom stereocenters. The summed E-state index contributed by atoms with van der Waals surface area (Å²) in [5, 5.41) is 0. The van der Waals surface area contributed by atoms with E-state index < -0.39 is 0 Å². The highest BCUT2D eigenvalue weighted by atomic mass is 32.2. The van der Waals surface area contributed by atoms with Crippen molar-refractivity contribution in [1.82, 2.24) is 4.90 Å². The summed E-state index contributed by atoms with van der Waals surface area (Å²) in [5.41, 5.74) is 1.40. The number of benzene rings is 1. The molecular formula is C14H23NS2. The van der Waals surface area contributed by atoms with Crippen molar-refractivity contribution in [2.24, 2.45) is 0 Å². The SMILES string of the molecule is CSCCCN(C)CC(CS)c1ccccc1. The Kier molecular flexibility index (Phi) is 7.82. The third-order valence-electron chi connectivity index (χ3n) is 2.91. The van der Waals surface area contributed by atoms with Crippen LogP contribution in [0.1, 0.15) is 17.9 Å². The van der Waals surface area contributed by atoms with Crippen molar-refractivity contribution in [2.45, 2.75) is 12.3 Å². The van der Waals surface area contributed by atoms with Crippen LogP contribution in [0.5, 0.6) is 0 Å². The standard InChI is InChI=1S/C14H23NS2/c1-15(9-6-10-17-2)11-14(12-16)13-7-4-3-5-8-13/h3-5,7-8,14,16H,6,9-12H2,1-2H3. The Morgan fingerprint density at radius 1 is 1.29 bits per heavy atom. The van der Waals surface area contributed by atoms with Crippen molar-refractivity contribution in [3.8, 4) is 0 Å². The molecule has 96 valence electrons. The first kappa shape index (κ1) is 14.9. The predicted molar refractivity (Wildman–Crippen MR) is 83.5 cm³/mol. The van der Waals surface area contributed by atoms with Gasteiger partial charge in [-0.05, 0) is 43.3 Å². The number of nitrogens with zero attached hydrogens (tertiary/aromatic N) is 1. The molecule has 1 atom stereocenters. The summed E-state index contributed by atoms with van der Waals surface area (Å²) in [5.74, 6) is 2.71. The number of rotatable bonds is 8. The quantitative estimate of drug-likeness (QED) is 0.569. The molecule has 0 bridgehead atoms. The van der Waals surface area contributed by atoms with E-state index >= 15 is 0 Å². The lowest BCUT2D eigenvalue weighted by Crippen LogP contribution is -2.26. The lowest BCUT2D eigenvalue weighted by Gasteiger charge is -2.23. The van der Waals surface area contributed by atoms with Crippen molar-refractivity contribution < 1.29 is 0 Å². The fourth-order valence-electron chi connectivity index (χ4n) is 1.94. The Labute approximate surface area is 115 Å². The van der Waals surface area contributed by atoms with Gasteiger partial charge in [0.05, 0.1) is 0 Å². The maximum atomic E-state index is 4.48. The molecular weight excluding hydrogens is 246 g/mol. The highest BCUT2D eigenvalue weighted by Crippen LogP contribution is 2.18. The normalized spacial score (nSPS) is 12.9. The molecule has 0 aromatic heterocycles. The third-order valence-corrected chi connectivity index (χ3v) is 4.05. The minimum atomic E-state index is 0.541. The Balaban J connectivity index is 2.41. The van der Waals surface area contributed by atoms with Crippen LogP contribution in [-0.2, 0) is 0 Å². The molecule has 1 rings (SSSR count). The Morgan fingerprint density at radius 3 is 2.59 bits per heavy atom. The molecule has 0 heterocycles. The second-order valence-electron chi connectivity index (χ2n) is 4.40. The first-order valence-electron chi connectivity index (χ1n) is 6.11. The van der Waals surface area contributed by atoms with Crippen LogP contribution in [0.3, 0.4) is 0 Å². The molecule has 0 radical (unpaired) electrons. The molecule has 0 aliphatic heterocycles. The summed E-state index contributed by atoms with van der Waals surface area (Å²) >= 11 is 6.40. The van der Waals surface area contributed by atoms with Crippen LogP contribution in [-0.4, -0.2) is 42.8 Å². The van der Waals surface area contributed by atoms with E-state index in [0.717, 1.165) is 12.3 Å². The zero-order valence-corrected chi connectivity index (χ0v) is 12.5. The van der Waals surface area contributed by atoms with Gasteiger partial charge in [0.1, 0.15) is 0 Å². The fraction of sp³-hybridized carbons (Fsp3) is 0.571. The second-order valence-corrected chi connectivity index (χ2v) is 5.75. The van der Waals surface area contributed by atoms with Crippen LogP contribution in [0.15, 0.2) is 30.3 Å². The molecule has 0 fully saturated rings. The lowest BCUT2D eigenvalue weighted by atomic mass is 10.0. The minimum Gasteiger partial charge on any atom is -0.306 e. The molecule has 0 saturated heterocycles. The van der Waals surface area contributed by atoms with Gasteiger partial charge in [0.2, 0.25) is 0 Å². The van der Waals surface area contributed by atoms with E-state index in [4.69, 9.17) is 0 Å². The van der Waals surface area contributed by atoms with Crippen molar-refractivity contribution in [3.05, 3.63) is 35.9 Å². The molecule has 17 heavy (non-hydrogen) atoms. The number of likely N-dealkylation sites (N-methyl/N-ethyl adjacent to an activating group) is 1. The van der Waals surface area contributed by atoms with Crippen molar-refractivity contribution in [1.29, 1.82) is 0 Å². The summed E-state index contributed by atoms with van der Waals surface area (Å²) in [6.45, 7) is 2.28. The van der Waals surface area contributed by atoms with E-state index in [1.807, 2.05) is 11.8 Å². The molecule has 3 heteroatoms. The van der Waals surface area contributed by atoms with Crippen LogP contribution in [0.4, 0.5) is 0 Å². The van der Waals surface area contributed by atoms with E-state index in [0.29, 0.717) is 5.92 Å². The van der Waals surface area contributed by atoms with Crippen LogP contribution in [0, 0.1) is 0 Å².